The van der Waals surface area contributed by atoms with Gasteiger partial charge >= 0.3 is 0 Å². The van der Waals surface area contributed by atoms with E-state index < -0.39 is 0 Å². The van der Waals surface area contributed by atoms with Gasteiger partial charge in [-0.05, 0) is 44.2 Å². The zero-order valence-corrected chi connectivity index (χ0v) is 13.3. The summed E-state index contributed by atoms with van der Waals surface area (Å²) in [5.74, 6) is 0.961. The molecular formula is C19H31N. The monoisotopic (exact) mass is 273 g/mol. The van der Waals surface area contributed by atoms with Gasteiger partial charge in [0, 0.05) is 6.04 Å². The molecule has 1 aliphatic rings. The summed E-state index contributed by atoms with van der Waals surface area (Å²) in [5.41, 5.74) is 2.88. The lowest BCUT2D eigenvalue weighted by Crippen LogP contribution is -2.34. The van der Waals surface area contributed by atoms with Crippen molar-refractivity contribution in [2.45, 2.75) is 71.3 Å². The van der Waals surface area contributed by atoms with Crippen LogP contribution in [0.5, 0.6) is 0 Å². The Hall–Kier alpha value is -0.820. The van der Waals surface area contributed by atoms with Crippen molar-refractivity contribution in [3.05, 3.63) is 35.4 Å². The Balaban J connectivity index is 1.91. The third-order valence-electron chi connectivity index (χ3n) is 4.59. The Morgan fingerprint density at radius 2 is 2.00 bits per heavy atom. The van der Waals surface area contributed by atoms with E-state index in [9.17, 15) is 0 Å². The fraction of sp³-hybridized carbons (Fsp3) is 0.684. The van der Waals surface area contributed by atoms with Crippen LogP contribution in [0.4, 0.5) is 0 Å². The third kappa shape index (κ3) is 5.28. The quantitative estimate of drug-likeness (QED) is 0.747. The first-order valence-electron chi connectivity index (χ1n) is 8.57. The summed E-state index contributed by atoms with van der Waals surface area (Å²) in [5, 5.41) is 3.78. The van der Waals surface area contributed by atoms with Gasteiger partial charge in [-0.15, -0.1) is 0 Å². The van der Waals surface area contributed by atoms with Crippen molar-refractivity contribution in [3.8, 4) is 0 Å². The van der Waals surface area contributed by atoms with Gasteiger partial charge < -0.3 is 5.32 Å². The van der Waals surface area contributed by atoms with Crippen LogP contribution >= 0.6 is 0 Å². The number of rotatable bonds is 7. The standard InChI is InChI=1S/C19H31N/c1-3-12-20-19(14-17-9-5-4-6-10-17)15-18-11-7-8-16(2)13-18/h7-8,11,13,17,19-20H,3-6,9-10,12,14-15H2,1-2H3. The first-order valence-corrected chi connectivity index (χ1v) is 8.57. The molecule has 0 aliphatic heterocycles. The predicted molar refractivity (Wildman–Crippen MR) is 88.2 cm³/mol. The van der Waals surface area contributed by atoms with Crippen LogP contribution in [0.1, 0.15) is 63.0 Å². The first kappa shape index (κ1) is 15.6. The SMILES string of the molecule is CCCNC(Cc1cccc(C)c1)CC1CCCCC1. The highest BCUT2D eigenvalue weighted by molar-refractivity contribution is 5.23. The van der Waals surface area contributed by atoms with Crippen molar-refractivity contribution in [3.63, 3.8) is 0 Å². The summed E-state index contributed by atoms with van der Waals surface area (Å²) in [6.45, 7) is 5.61. The molecule has 0 spiro atoms. The number of nitrogens with one attached hydrogen (secondary N) is 1. The zero-order valence-electron chi connectivity index (χ0n) is 13.3. The Morgan fingerprint density at radius 3 is 2.70 bits per heavy atom. The highest BCUT2D eigenvalue weighted by atomic mass is 14.9. The van der Waals surface area contributed by atoms with E-state index in [2.05, 4.69) is 43.4 Å². The van der Waals surface area contributed by atoms with Crippen molar-refractivity contribution in [1.82, 2.24) is 5.32 Å². The van der Waals surface area contributed by atoms with Crippen LogP contribution in [0.2, 0.25) is 0 Å². The van der Waals surface area contributed by atoms with E-state index in [0.717, 1.165) is 12.5 Å². The third-order valence-corrected chi connectivity index (χ3v) is 4.59. The number of aryl methyl sites for hydroxylation is 1. The van der Waals surface area contributed by atoms with Crippen molar-refractivity contribution in [2.75, 3.05) is 6.54 Å². The number of hydrogen-bond acceptors (Lipinski definition) is 1. The molecule has 112 valence electrons. The Kier molecular flexibility index (Phi) is 6.59. The van der Waals surface area contributed by atoms with Gasteiger partial charge in [-0.2, -0.15) is 0 Å². The summed E-state index contributed by atoms with van der Waals surface area (Å²) < 4.78 is 0. The Labute approximate surface area is 125 Å². The molecule has 0 bridgehead atoms. The molecule has 0 amide bonds. The molecule has 1 unspecified atom stereocenters. The average molecular weight is 273 g/mol. The molecule has 2 rings (SSSR count). The highest BCUT2D eigenvalue weighted by Gasteiger charge is 2.18. The molecule has 1 N–H and O–H groups in total. The molecule has 1 saturated carbocycles. The Morgan fingerprint density at radius 1 is 1.20 bits per heavy atom. The number of hydrogen-bond donors (Lipinski definition) is 1. The van der Waals surface area contributed by atoms with Crippen LogP contribution in [0.15, 0.2) is 24.3 Å². The summed E-state index contributed by atoms with van der Waals surface area (Å²) in [4.78, 5) is 0. The fourth-order valence-corrected chi connectivity index (χ4v) is 3.54. The van der Waals surface area contributed by atoms with E-state index in [0.29, 0.717) is 6.04 Å². The molecule has 1 nitrogen and oxygen atoms in total. The molecule has 1 aromatic carbocycles. The predicted octanol–water partition coefficient (Wildman–Crippen LogP) is 4.88. The van der Waals surface area contributed by atoms with Crippen molar-refractivity contribution in [2.24, 2.45) is 5.92 Å². The van der Waals surface area contributed by atoms with Crippen LogP contribution in [-0.2, 0) is 6.42 Å². The van der Waals surface area contributed by atoms with Gasteiger partial charge in [-0.25, -0.2) is 0 Å². The smallest absolute Gasteiger partial charge is 0.0110 e. The van der Waals surface area contributed by atoms with Crippen LogP contribution in [0.25, 0.3) is 0 Å². The van der Waals surface area contributed by atoms with Gasteiger partial charge in [0.25, 0.3) is 0 Å². The topological polar surface area (TPSA) is 12.0 Å². The molecule has 0 radical (unpaired) electrons. The van der Waals surface area contributed by atoms with Crippen LogP contribution in [0, 0.1) is 12.8 Å². The van der Waals surface area contributed by atoms with Crippen molar-refractivity contribution < 1.29 is 0 Å². The molecular weight excluding hydrogens is 242 g/mol. The van der Waals surface area contributed by atoms with E-state index in [1.54, 1.807) is 0 Å². The van der Waals surface area contributed by atoms with Crippen LogP contribution < -0.4 is 5.32 Å². The van der Waals surface area contributed by atoms with E-state index in [1.165, 1.54) is 62.5 Å². The summed E-state index contributed by atoms with van der Waals surface area (Å²) in [6, 6.07) is 9.69. The van der Waals surface area contributed by atoms with Crippen molar-refractivity contribution >= 4 is 0 Å². The van der Waals surface area contributed by atoms with Crippen LogP contribution in [-0.4, -0.2) is 12.6 Å². The second-order valence-electron chi connectivity index (χ2n) is 6.58. The molecule has 1 fully saturated rings. The van der Waals surface area contributed by atoms with Gasteiger partial charge in [0.05, 0.1) is 0 Å². The van der Waals surface area contributed by atoms with Gasteiger partial charge in [-0.1, -0.05) is 68.9 Å². The molecule has 0 saturated heterocycles. The lowest BCUT2D eigenvalue weighted by Gasteiger charge is -2.27. The van der Waals surface area contributed by atoms with Gasteiger partial charge in [0.2, 0.25) is 0 Å². The second-order valence-corrected chi connectivity index (χ2v) is 6.58. The average Bonchev–Trinajstić information content (AvgIpc) is 2.46. The minimum atomic E-state index is 0.667. The Bertz CT molecular complexity index is 379. The normalized spacial score (nSPS) is 18.1. The van der Waals surface area contributed by atoms with Crippen molar-refractivity contribution in [1.29, 1.82) is 0 Å². The van der Waals surface area contributed by atoms with Crippen LogP contribution in [0.3, 0.4) is 0 Å². The molecule has 1 atom stereocenters. The highest BCUT2D eigenvalue weighted by Crippen LogP contribution is 2.28. The summed E-state index contributed by atoms with van der Waals surface area (Å²) >= 11 is 0. The molecule has 1 heteroatoms. The van der Waals surface area contributed by atoms with E-state index in [-0.39, 0.29) is 0 Å². The molecule has 1 aliphatic carbocycles. The van der Waals surface area contributed by atoms with E-state index in [1.807, 2.05) is 0 Å². The van der Waals surface area contributed by atoms with E-state index in [4.69, 9.17) is 0 Å². The minimum Gasteiger partial charge on any atom is -0.314 e. The fourth-order valence-electron chi connectivity index (χ4n) is 3.54. The maximum Gasteiger partial charge on any atom is 0.0110 e. The molecule has 20 heavy (non-hydrogen) atoms. The lowest BCUT2D eigenvalue weighted by atomic mass is 9.83. The first-order chi connectivity index (χ1) is 9.78. The largest absolute Gasteiger partial charge is 0.314 e. The van der Waals surface area contributed by atoms with Gasteiger partial charge in [0.1, 0.15) is 0 Å². The van der Waals surface area contributed by atoms with Gasteiger partial charge in [0.15, 0.2) is 0 Å². The van der Waals surface area contributed by atoms with E-state index >= 15 is 0 Å². The maximum absolute atomic E-state index is 3.78. The molecule has 1 aromatic rings. The number of benzene rings is 1. The maximum atomic E-state index is 3.78. The van der Waals surface area contributed by atoms with Gasteiger partial charge in [-0.3, -0.25) is 0 Å². The molecule has 0 heterocycles. The summed E-state index contributed by atoms with van der Waals surface area (Å²) in [7, 11) is 0. The molecule has 0 aromatic heterocycles. The summed E-state index contributed by atoms with van der Waals surface area (Å²) in [6.07, 6.45) is 11.1. The second kappa shape index (κ2) is 8.46. The zero-order chi connectivity index (χ0) is 14.2. The minimum absolute atomic E-state index is 0.667. The lowest BCUT2D eigenvalue weighted by molar-refractivity contribution is 0.296.